The van der Waals surface area contributed by atoms with Gasteiger partial charge in [0.25, 0.3) is 0 Å². The molecule has 0 amide bonds. The van der Waals surface area contributed by atoms with Crippen molar-refractivity contribution in [1.29, 1.82) is 0 Å². The van der Waals surface area contributed by atoms with E-state index < -0.39 is 0 Å². The lowest BCUT2D eigenvalue weighted by Gasteiger charge is -2.62. The number of hydrogen-bond acceptors (Lipinski definition) is 3. The van der Waals surface area contributed by atoms with Crippen LogP contribution in [-0.4, -0.2) is 24.3 Å². The molecule has 3 fully saturated rings. The summed E-state index contributed by atoms with van der Waals surface area (Å²) in [5.74, 6) is 1.08. The largest absolute Gasteiger partial charge is 0.463 e. The number of ether oxygens (including phenoxy) is 2. The summed E-state index contributed by atoms with van der Waals surface area (Å²) in [5, 5.41) is 0. The van der Waals surface area contributed by atoms with Crippen molar-refractivity contribution in [2.45, 2.75) is 91.3 Å². The Morgan fingerprint density at radius 1 is 1.16 bits per heavy atom. The average Bonchev–Trinajstić information content (AvgIpc) is 2.61. The van der Waals surface area contributed by atoms with Crippen LogP contribution in [0.3, 0.4) is 0 Å². The van der Waals surface area contributed by atoms with Gasteiger partial charge in [-0.2, -0.15) is 0 Å². The van der Waals surface area contributed by atoms with Gasteiger partial charge in [0, 0.05) is 6.92 Å². The van der Waals surface area contributed by atoms with Gasteiger partial charge in [-0.25, -0.2) is 0 Å². The third kappa shape index (κ3) is 3.29. The highest BCUT2D eigenvalue weighted by Crippen LogP contribution is 2.64. The van der Waals surface area contributed by atoms with Gasteiger partial charge in [-0.1, -0.05) is 33.8 Å². The topological polar surface area (TPSA) is 35.5 Å². The van der Waals surface area contributed by atoms with Gasteiger partial charge >= 0.3 is 5.97 Å². The van der Waals surface area contributed by atoms with Crippen LogP contribution in [0.1, 0.15) is 79.6 Å². The van der Waals surface area contributed by atoms with E-state index >= 15 is 0 Å². The molecule has 1 heterocycles. The Hall–Kier alpha value is -0.830. The van der Waals surface area contributed by atoms with Crippen molar-refractivity contribution < 1.29 is 14.3 Å². The highest BCUT2D eigenvalue weighted by atomic mass is 16.6. The standard InChI is InChI=1S/C22H36O3/c1-15-8-9-19-21(5)12-7-11-20(3,4)18(21)10-13-22(19,6)25-17(15)14-24-16(2)23/h17-19H,1,7-14H2,2-6H3/t17-,18+,19-,21+,22-/m1/s1. The summed E-state index contributed by atoms with van der Waals surface area (Å²) in [6.45, 7) is 15.8. The second kappa shape index (κ2) is 6.40. The molecule has 5 atom stereocenters. The van der Waals surface area contributed by atoms with Crippen molar-refractivity contribution in [2.24, 2.45) is 22.7 Å². The summed E-state index contributed by atoms with van der Waals surface area (Å²) in [5.41, 5.74) is 1.72. The van der Waals surface area contributed by atoms with Gasteiger partial charge < -0.3 is 9.47 Å². The molecule has 3 rings (SSSR count). The van der Waals surface area contributed by atoms with Crippen molar-refractivity contribution in [3.8, 4) is 0 Å². The molecule has 3 aliphatic rings. The predicted octanol–water partition coefficient (Wildman–Crippen LogP) is 5.29. The SMILES string of the molecule is C=C1CC[C@@H]2[C@@]3(C)CCCC(C)(C)[C@@H]3CC[C@@]2(C)O[C@@H]1COC(C)=O. The van der Waals surface area contributed by atoms with Gasteiger partial charge in [0.15, 0.2) is 0 Å². The van der Waals surface area contributed by atoms with Crippen LogP contribution in [0.15, 0.2) is 12.2 Å². The lowest BCUT2D eigenvalue weighted by molar-refractivity contribution is -0.205. The summed E-state index contributed by atoms with van der Waals surface area (Å²) in [6, 6.07) is 0. The van der Waals surface area contributed by atoms with E-state index in [9.17, 15) is 4.79 Å². The van der Waals surface area contributed by atoms with Crippen LogP contribution in [0.2, 0.25) is 0 Å². The molecule has 1 saturated heterocycles. The molecule has 0 bridgehead atoms. The molecule has 0 spiro atoms. The summed E-state index contributed by atoms with van der Waals surface area (Å²) >= 11 is 0. The Morgan fingerprint density at radius 2 is 1.88 bits per heavy atom. The molecule has 0 radical (unpaired) electrons. The molecule has 2 saturated carbocycles. The van der Waals surface area contributed by atoms with Gasteiger partial charge in [-0.3, -0.25) is 4.79 Å². The first-order chi connectivity index (χ1) is 11.6. The number of hydrogen-bond donors (Lipinski definition) is 0. The van der Waals surface area contributed by atoms with E-state index in [2.05, 4.69) is 34.3 Å². The van der Waals surface area contributed by atoms with Gasteiger partial charge in [0.2, 0.25) is 0 Å². The molecule has 3 heteroatoms. The van der Waals surface area contributed by atoms with Crippen LogP contribution in [0.25, 0.3) is 0 Å². The van der Waals surface area contributed by atoms with Crippen molar-refractivity contribution in [1.82, 2.24) is 0 Å². The number of rotatable bonds is 2. The summed E-state index contributed by atoms with van der Waals surface area (Å²) < 4.78 is 11.9. The smallest absolute Gasteiger partial charge is 0.302 e. The minimum atomic E-state index is -0.243. The van der Waals surface area contributed by atoms with Crippen LogP contribution in [0.4, 0.5) is 0 Å². The van der Waals surface area contributed by atoms with Gasteiger partial charge in [-0.15, -0.1) is 0 Å². The normalized spacial score (nSPS) is 43.6. The fraction of sp³-hybridized carbons (Fsp3) is 0.864. The minimum Gasteiger partial charge on any atom is -0.463 e. The Labute approximate surface area is 153 Å². The Balaban J connectivity index is 1.87. The maximum atomic E-state index is 11.2. The first kappa shape index (κ1) is 18.9. The fourth-order valence-electron chi connectivity index (χ4n) is 6.63. The molecule has 25 heavy (non-hydrogen) atoms. The molecular weight excluding hydrogens is 312 g/mol. The highest BCUT2D eigenvalue weighted by molar-refractivity contribution is 5.65. The second-order valence-corrected chi connectivity index (χ2v) is 9.91. The van der Waals surface area contributed by atoms with Crippen LogP contribution in [-0.2, 0) is 14.3 Å². The summed E-state index contributed by atoms with van der Waals surface area (Å²) in [7, 11) is 0. The van der Waals surface area contributed by atoms with E-state index in [4.69, 9.17) is 9.47 Å². The molecule has 2 aliphatic carbocycles. The molecule has 0 N–H and O–H groups in total. The number of carbonyl (C=O) groups excluding carboxylic acids is 1. The third-order valence-corrected chi connectivity index (χ3v) is 7.80. The van der Waals surface area contributed by atoms with Crippen molar-refractivity contribution in [3.05, 3.63) is 12.2 Å². The fourth-order valence-corrected chi connectivity index (χ4v) is 6.63. The Morgan fingerprint density at radius 3 is 2.56 bits per heavy atom. The quantitative estimate of drug-likeness (QED) is 0.503. The number of esters is 1. The molecule has 0 aromatic rings. The molecule has 0 unspecified atom stereocenters. The van der Waals surface area contributed by atoms with E-state index in [1.54, 1.807) is 0 Å². The van der Waals surface area contributed by atoms with Crippen molar-refractivity contribution in [3.63, 3.8) is 0 Å². The van der Waals surface area contributed by atoms with E-state index in [0.717, 1.165) is 30.8 Å². The van der Waals surface area contributed by atoms with Gasteiger partial charge in [0.1, 0.15) is 12.7 Å². The summed E-state index contributed by atoms with van der Waals surface area (Å²) in [6.07, 6.45) is 8.30. The lowest BCUT2D eigenvalue weighted by atomic mass is 9.45. The van der Waals surface area contributed by atoms with Crippen LogP contribution in [0.5, 0.6) is 0 Å². The molecule has 142 valence electrons. The highest BCUT2D eigenvalue weighted by Gasteiger charge is 2.59. The zero-order valence-corrected chi connectivity index (χ0v) is 16.8. The molecule has 1 aliphatic heterocycles. The third-order valence-electron chi connectivity index (χ3n) is 7.80. The van der Waals surface area contributed by atoms with E-state index in [-0.39, 0.29) is 17.7 Å². The summed E-state index contributed by atoms with van der Waals surface area (Å²) in [4.78, 5) is 11.2. The van der Waals surface area contributed by atoms with E-state index in [0.29, 0.717) is 23.4 Å². The monoisotopic (exact) mass is 348 g/mol. The van der Waals surface area contributed by atoms with Crippen LogP contribution >= 0.6 is 0 Å². The van der Waals surface area contributed by atoms with Gasteiger partial charge in [0.05, 0.1) is 5.60 Å². The van der Waals surface area contributed by atoms with E-state index in [1.807, 2.05) is 0 Å². The first-order valence-corrected chi connectivity index (χ1v) is 10.1. The maximum absolute atomic E-state index is 11.2. The van der Waals surface area contributed by atoms with Crippen molar-refractivity contribution in [2.75, 3.05) is 6.61 Å². The first-order valence-electron chi connectivity index (χ1n) is 10.1. The molecule has 0 aromatic heterocycles. The molecular formula is C22H36O3. The van der Waals surface area contributed by atoms with E-state index in [1.165, 1.54) is 32.6 Å². The zero-order valence-electron chi connectivity index (χ0n) is 16.8. The minimum absolute atomic E-state index is 0.136. The second-order valence-electron chi connectivity index (χ2n) is 9.91. The lowest BCUT2D eigenvalue weighted by Crippen LogP contribution is -2.58. The zero-order chi connectivity index (χ0) is 18.5. The van der Waals surface area contributed by atoms with Gasteiger partial charge in [-0.05, 0) is 73.7 Å². The van der Waals surface area contributed by atoms with Crippen LogP contribution < -0.4 is 0 Å². The van der Waals surface area contributed by atoms with Crippen molar-refractivity contribution >= 4 is 5.97 Å². The average molecular weight is 349 g/mol. The Kier molecular flexibility index (Phi) is 4.85. The number of fused-ring (bicyclic) bond motifs is 3. The maximum Gasteiger partial charge on any atom is 0.302 e. The number of carbonyl (C=O) groups is 1. The molecule has 3 nitrogen and oxygen atoms in total. The Bertz CT molecular complexity index is 551. The molecule has 0 aromatic carbocycles. The van der Waals surface area contributed by atoms with Crippen LogP contribution in [0, 0.1) is 22.7 Å². The predicted molar refractivity (Wildman–Crippen MR) is 100 cm³/mol.